The molecule has 0 aliphatic carbocycles. The van der Waals surface area contributed by atoms with Crippen LogP contribution in [0.4, 0.5) is 0 Å². The first kappa shape index (κ1) is 21.9. The Morgan fingerprint density at radius 3 is 3.00 bits per heavy atom. The number of imidazole rings is 1. The molecule has 0 saturated carbocycles. The number of rotatable bonds is 4. The minimum atomic E-state index is -0.112. The van der Waals surface area contributed by atoms with Gasteiger partial charge in [-0.15, -0.1) is 24.0 Å². The number of carbonyl (C=O) groups is 1. The molecule has 9 heteroatoms. The van der Waals surface area contributed by atoms with Crippen molar-refractivity contribution in [3.63, 3.8) is 0 Å². The van der Waals surface area contributed by atoms with Crippen molar-refractivity contribution in [2.24, 2.45) is 10.9 Å². The number of nitrogens with zero attached hydrogens (tertiary/aromatic N) is 4. The number of esters is 1. The standard InChI is InChI=1S/C18H24BrN5O2.HI/c1-3-26-17(25)13-5-4-8-23(10-13)18(20-2)21-9-15-12-24-11-14(19)6-7-16(24)22-15;/h6-7,11-13H,3-5,8-10H2,1-2H3,(H,20,21);1H. The van der Waals surface area contributed by atoms with Crippen LogP contribution in [-0.4, -0.2) is 53.0 Å². The highest BCUT2D eigenvalue weighted by molar-refractivity contribution is 14.0. The maximum Gasteiger partial charge on any atom is 0.310 e. The maximum atomic E-state index is 12.0. The van der Waals surface area contributed by atoms with Crippen molar-refractivity contribution in [2.75, 3.05) is 26.7 Å². The van der Waals surface area contributed by atoms with E-state index in [1.807, 2.05) is 35.9 Å². The third kappa shape index (κ3) is 5.56. The van der Waals surface area contributed by atoms with Gasteiger partial charge in [0, 0.05) is 37.0 Å². The zero-order chi connectivity index (χ0) is 18.5. The second-order valence-electron chi connectivity index (χ2n) is 6.28. The van der Waals surface area contributed by atoms with Crippen LogP contribution in [0.25, 0.3) is 5.65 Å². The van der Waals surface area contributed by atoms with E-state index in [0.29, 0.717) is 19.7 Å². The van der Waals surface area contributed by atoms with Crippen molar-refractivity contribution >= 4 is 57.5 Å². The minimum absolute atomic E-state index is 0. The molecule has 2 aromatic rings. The average molecular weight is 550 g/mol. The molecule has 0 aromatic carbocycles. The molecule has 3 heterocycles. The summed E-state index contributed by atoms with van der Waals surface area (Å²) in [6, 6.07) is 3.94. The summed E-state index contributed by atoms with van der Waals surface area (Å²) in [4.78, 5) is 23.1. The van der Waals surface area contributed by atoms with Crippen molar-refractivity contribution < 1.29 is 9.53 Å². The Hall–Kier alpha value is -1.36. The van der Waals surface area contributed by atoms with Crippen LogP contribution in [0, 0.1) is 5.92 Å². The molecule has 1 aliphatic rings. The fraction of sp³-hybridized carbons (Fsp3) is 0.500. The van der Waals surface area contributed by atoms with Gasteiger partial charge in [-0.1, -0.05) is 0 Å². The number of hydrogen-bond donors (Lipinski definition) is 1. The van der Waals surface area contributed by atoms with Gasteiger partial charge >= 0.3 is 5.97 Å². The number of guanidine groups is 1. The van der Waals surface area contributed by atoms with E-state index < -0.39 is 0 Å². The number of likely N-dealkylation sites (tertiary alicyclic amines) is 1. The van der Waals surface area contributed by atoms with Crippen molar-refractivity contribution in [1.82, 2.24) is 19.6 Å². The summed E-state index contributed by atoms with van der Waals surface area (Å²) in [6.07, 6.45) is 5.80. The summed E-state index contributed by atoms with van der Waals surface area (Å²) >= 11 is 3.47. The molecule has 0 spiro atoms. The molecule has 0 amide bonds. The Labute approximate surface area is 184 Å². The Bertz CT molecular complexity index is 810. The topological polar surface area (TPSA) is 71.2 Å². The number of nitrogens with one attached hydrogen (secondary N) is 1. The Morgan fingerprint density at radius 2 is 2.26 bits per heavy atom. The van der Waals surface area contributed by atoms with Crippen molar-refractivity contribution in [3.05, 3.63) is 34.7 Å². The lowest BCUT2D eigenvalue weighted by atomic mass is 9.98. The zero-order valence-electron chi connectivity index (χ0n) is 15.5. The quantitative estimate of drug-likeness (QED) is 0.275. The first-order chi connectivity index (χ1) is 12.6. The molecule has 148 valence electrons. The van der Waals surface area contributed by atoms with E-state index in [4.69, 9.17) is 4.74 Å². The van der Waals surface area contributed by atoms with Crippen molar-refractivity contribution in [3.8, 4) is 0 Å². The maximum absolute atomic E-state index is 12.0. The van der Waals surface area contributed by atoms with E-state index in [1.165, 1.54) is 0 Å². The van der Waals surface area contributed by atoms with Crippen LogP contribution in [0.15, 0.2) is 34.0 Å². The van der Waals surface area contributed by atoms with Crippen molar-refractivity contribution in [2.45, 2.75) is 26.3 Å². The Balaban J connectivity index is 0.00000261. The highest BCUT2D eigenvalue weighted by Crippen LogP contribution is 2.18. The summed E-state index contributed by atoms with van der Waals surface area (Å²) in [5.41, 5.74) is 1.84. The highest BCUT2D eigenvalue weighted by atomic mass is 127. The molecule has 1 aliphatic heterocycles. The van der Waals surface area contributed by atoms with E-state index in [-0.39, 0.29) is 35.9 Å². The molecule has 0 bridgehead atoms. The molecular formula is C18H25BrIN5O2. The van der Waals surface area contributed by atoms with Gasteiger partial charge in [0.05, 0.1) is 24.8 Å². The number of ether oxygens (including phenoxy) is 1. The van der Waals surface area contributed by atoms with Crippen molar-refractivity contribution in [1.29, 1.82) is 0 Å². The van der Waals surface area contributed by atoms with Gasteiger partial charge in [-0.05, 0) is 47.8 Å². The number of aromatic nitrogens is 2. The predicted molar refractivity (Wildman–Crippen MR) is 119 cm³/mol. The number of carbonyl (C=O) groups excluding carboxylic acids is 1. The van der Waals surface area contributed by atoms with Gasteiger partial charge in [0.25, 0.3) is 0 Å². The largest absolute Gasteiger partial charge is 0.466 e. The van der Waals surface area contributed by atoms with Crippen LogP contribution >= 0.6 is 39.9 Å². The third-order valence-electron chi connectivity index (χ3n) is 4.45. The molecule has 3 rings (SSSR count). The van der Waals surface area contributed by atoms with Gasteiger partial charge < -0.3 is 19.4 Å². The summed E-state index contributed by atoms with van der Waals surface area (Å²) in [5.74, 6) is 0.589. The fourth-order valence-corrected chi connectivity index (χ4v) is 3.58. The molecular weight excluding hydrogens is 525 g/mol. The number of pyridine rings is 1. The lowest BCUT2D eigenvalue weighted by Crippen LogP contribution is -2.48. The van der Waals surface area contributed by atoms with Gasteiger partial charge in [-0.25, -0.2) is 4.98 Å². The lowest BCUT2D eigenvalue weighted by molar-refractivity contribution is -0.149. The monoisotopic (exact) mass is 549 g/mol. The fourth-order valence-electron chi connectivity index (χ4n) is 3.23. The van der Waals surface area contributed by atoms with Gasteiger partial charge in [-0.2, -0.15) is 0 Å². The van der Waals surface area contributed by atoms with E-state index in [1.54, 1.807) is 7.05 Å². The minimum Gasteiger partial charge on any atom is -0.466 e. The van der Waals surface area contributed by atoms with Gasteiger partial charge in [0.2, 0.25) is 0 Å². The molecule has 1 atom stereocenters. The van der Waals surface area contributed by atoms with Crippen LogP contribution in [0.5, 0.6) is 0 Å². The Kier molecular flexibility index (Phi) is 8.33. The van der Waals surface area contributed by atoms with E-state index in [9.17, 15) is 4.79 Å². The van der Waals surface area contributed by atoms with E-state index in [0.717, 1.165) is 41.2 Å². The first-order valence-electron chi connectivity index (χ1n) is 8.86. The van der Waals surface area contributed by atoms with Gasteiger partial charge in [-0.3, -0.25) is 9.79 Å². The summed E-state index contributed by atoms with van der Waals surface area (Å²) in [6.45, 7) is 4.36. The zero-order valence-corrected chi connectivity index (χ0v) is 19.4. The average Bonchev–Trinajstić information content (AvgIpc) is 3.04. The van der Waals surface area contributed by atoms with Crippen LogP contribution in [0.3, 0.4) is 0 Å². The smallest absolute Gasteiger partial charge is 0.310 e. The Morgan fingerprint density at radius 1 is 1.44 bits per heavy atom. The molecule has 1 unspecified atom stereocenters. The number of halogens is 2. The number of aliphatic imine (C=N–C) groups is 1. The number of hydrogen-bond acceptors (Lipinski definition) is 4. The van der Waals surface area contributed by atoms with Crippen LogP contribution < -0.4 is 5.32 Å². The molecule has 1 saturated heterocycles. The van der Waals surface area contributed by atoms with Gasteiger partial charge in [0.1, 0.15) is 5.65 Å². The van der Waals surface area contributed by atoms with E-state index in [2.05, 4.69) is 36.1 Å². The number of piperidine rings is 1. The summed E-state index contributed by atoms with van der Waals surface area (Å²) < 4.78 is 8.17. The van der Waals surface area contributed by atoms with Gasteiger partial charge in [0.15, 0.2) is 5.96 Å². The number of fused-ring (bicyclic) bond motifs is 1. The third-order valence-corrected chi connectivity index (χ3v) is 4.91. The molecule has 1 N–H and O–H groups in total. The molecule has 0 radical (unpaired) electrons. The molecule has 2 aromatic heterocycles. The molecule has 27 heavy (non-hydrogen) atoms. The first-order valence-corrected chi connectivity index (χ1v) is 9.65. The molecule has 7 nitrogen and oxygen atoms in total. The SMILES string of the molecule is CCOC(=O)C1CCCN(C(=NC)NCc2cn3cc(Br)ccc3n2)C1.I. The lowest BCUT2D eigenvalue weighted by Gasteiger charge is -2.33. The predicted octanol–water partition coefficient (Wildman–Crippen LogP) is 3.07. The van der Waals surface area contributed by atoms with Crippen LogP contribution in [0.2, 0.25) is 0 Å². The van der Waals surface area contributed by atoms with E-state index >= 15 is 0 Å². The highest BCUT2D eigenvalue weighted by Gasteiger charge is 2.28. The van der Waals surface area contributed by atoms with Crippen LogP contribution in [-0.2, 0) is 16.1 Å². The van der Waals surface area contributed by atoms with Crippen LogP contribution in [0.1, 0.15) is 25.5 Å². The second-order valence-corrected chi connectivity index (χ2v) is 7.20. The summed E-state index contributed by atoms with van der Waals surface area (Å²) in [5, 5.41) is 3.36. The summed E-state index contributed by atoms with van der Waals surface area (Å²) in [7, 11) is 1.76. The normalized spacial score (nSPS) is 17.5. The molecule has 1 fully saturated rings. The second kappa shape index (κ2) is 10.3.